The zero-order chi connectivity index (χ0) is 15.6. The number of amides is 1. The van der Waals surface area contributed by atoms with Gasteiger partial charge in [-0.3, -0.25) is 4.79 Å². The molecule has 6 nitrogen and oxygen atoms in total. The molecule has 0 aliphatic heterocycles. The molecule has 0 aliphatic carbocycles. The van der Waals surface area contributed by atoms with Gasteiger partial charge in [0.15, 0.2) is 0 Å². The van der Waals surface area contributed by atoms with Crippen molar-refractivity contribution in [1.29, 1.82) is 0 Å². The number of ether oxygens (including phenoxy) is 1. The minimum Gasteiger partial charge on any atom is -0.385 e. The molecule has 116 valence electrons. The highest BCUT2D eigenvalue weighted by atomic mass is 16.5. The molecule has 0 fully saturated rings. The van der Waals surface area contributed by atoms with E-state index in [1.807, 2.05) is 30.3 Å². The van der Waals surface area contributed by atoms with Crippen LogP contribution in [0.25, 0.3) is 0 Å². The van der Waals surface area contributed by atoms with E-state index in [4.69, 9.17) is 4.74 Å². The number of carbonyl (C=O) groups excluding carboxylic acids is 1. The van der Waals surface area contributed by atoms with E-state index >= 15 is 0 Å². The molecule has 0 saturated carbocycles. The summed E-state index contributed by atoms with van der Waals surface area (Å²) >= 11 is 0. The normalized spacial score (nSPS) is 10.2. The van der Waals surface area contributed by atoms with E-state index in [9.17, 15) is 4.79 Å². The first-order valence-corrected chi connectivity index (χ1v) is 7.16. The van der Waals surface area contributed by atoms with Gasteiger partial charge in [0.2, 0.25) is 5.95 Å². The number of methoxy groups -OCH3 is 1. The number of aromatic nitrogens is 2. The van der Waals surface area contributed by atoms with Crippen molar-refractivity contribution >= 4 is 11.9 Å². The van der Waals surface area contributed by atoms with E-state index in [1.54, 1.807) is 7.11 Å². The van der Waals surface area contributed by atoms with Gasteiger partial charge in [0, 0.05) is 39.2 Å². The number of carbonyl (C=O) groups is 1. The number of hydrogen-bond acceptors (Lipinski definition) is 5. The molecule has 2 N–H and O–H groups in total. The smallest absolute Gasteiger partial charge is 0.254 e. The van der Waals surface area contributed by atoms with Gasteiger partial charge in [0.1, 0.15) is 0 Å². The summed E-state index contributed by atoms with van der Waals surface area (Å²) in [5, 5.41) is 5.91. The third-order valence-electron chi connectivity index (χ3n) is 3.02. The van der Waals surface area contributed by atoms with Crippen LogP contribution in [-0.4, -0.2) is 36.1 Å². The number of benzene rings is 1. The molecule has 0 radical (unpaired) electrons. The molecule has 1 heterocycles. The van der Waals surface area contributed by atoms with Gasteiger partial charge in [0.25, 0.3) is 5.91 Å². The van der Waals surface area contributed by atoms with E-state index in [-0.39, 0.29) is 5.91 Å². The van der Waals surface area contributed by atoms with Crippen LogP contribution in [0.15, 0.2) is 42.7 Å². The summed E-state index contributed by atoms with van der Waals surface area (Å²) in [5.41, 5.74) is 1.49. The Morgan fingerprint density at radius 2 is 1.91 bits per heavy atom. The highest BCUT2D eigenvalue weighted by molar-refractivity contribution is 5.93. The maximum absolute atomic E-state index is 12.0. The topological polar surface area (TPSA) is 76.1 Å². The van der Waals surface area contributed by atoms with Gasteiger partial charge in [-0.2, -0.15) is 0 Å². The minimum absolute atomic E-state index is 0.185. The van der Waals surface area contributed by atoms with Crippen LogP contribution in [0.2, 0.25) is 0 Å². The van der Waals surface area contributed by atoms with Crippen LogP contribution < -0.4 is 10.6 Å². The Morgan fingerprint density at radius 3 is 2.59 bits per heavy atom. The fraction of sp³-hybridized carbons (Fsp3) is 0.312. The van der Waals surface area contributed by atoms with Crippen LogP contribution in [0.5, 0.6) is 0 Å². The van der Waals surface area contributed by atoms with Gasteiger partial charge in [-0.25, -0.2) is 9.97 Å². The Bertz CT molecular complexity index is 572. The molecule has 0 aliphatic rings. The minimum atomic E-state index is -0.185. The monoisotopic (exact) mass is 300 g/mol. The van der Waals surface area contributed by atoms with Crippen molar-refractivity contribution in [3.63, 3.8) is 0 Å². The number of rotatable bonds is 8. The predicted molar refractivity (Wildman–Crippen MR) is 84.6 cm³/mol. The molecule has 22 heavy (non-hydrogen) atoms. The zero-order valence-corrected chi connectivity index (χ0v) is 12.6. The molecule has 2 aromatic rings. The summed E-state index contributed by atoms with van der Waals surface area (Å²) in [6, 6.07) is 9.74. The first-order valence-electron chi connectivity index (χ1n) is 7.16. The summed E-state index contributed by atoms with van der Waals surface area (Å²) in [5.74, 6) is 0.325. The van der Waals surface area contributed by atoms with Gasteiger partial charge in [0.05, 0.1) is 5.56 Å². The molecule has 0 spiro atoms. The zero-order valence-electron chi connectivity index (χ0n) is 12.6. The standard InChI is InChI=1S/C16H20N4O2/c1-22-9-5-8-17-16-19-11-14(12-20-16)15(21)18-10-13-6-3-2-4-7-13/h2-4,6-7,11-12H,5,8-10H2,1H3,(H,18,21)(H,17,19,20). The molecular formula is C16H20N4O2. The summed E-state index contributed by atoms with van der Waals surface area (Å²) in [6.45, 7) is 1.90. The number of anilines is 1. The van der Waals surface area contributed by atoms with Crippen molar-refractivity contribution in [2.45, 2.75) is 13.0 Å². The third kappa shape index (κ3) is 5.14. The molecule has 0 unspecified atom stereocenters. The van der Waals surface area contributed by atoms with Crippen molar-refractivity contribution in [2.75, 3.05) is 25.6 Å². The molecule has 1 aromatic carbocycles. The predicted octanol–water partition coefficient (Wildman–Crippen LogP) is 1.85. The Hall–Kier alpha value is -2.47. The van der Waals surface area contributed by atoms with Crippen molar-refractivity contribution in [3.05, 3.63) is 53.9 Å². The number of nitrogens with zero attached hydrogens (tertiary/aromatic N) is 2. The quantitative estimate of drug-likeness (QED) is 0.728. The Kier molecular flexibility index (Phi) is 6.32. The van der Waals surface area contributed by atoms with Crippen molar-refractivity contribution in [3.8, 4) is 0 Å². The van der Waals surface area contributed by atoms with E-state index < -0.39 is 0 Å². The fourth-order valence-electron chi connectivity index (χ4n) is 1.83. The first kappa shape index (κ1) is 15.9. The fourth-order valence-corrected chi connectivity index (χ4v) is 1.83. The lowest BCUT2D eigenvalue weighted by Gasteiger charge is -2.06. The largest absolute Gasteiger partial charge is 0.385 e. The van der Waals surface area contributed by atoms with Gasteiger partial charge >= 0.3 is 0 Å². The molecular weight excluding hydrogens is 280 g/mol. The third-order valence-corrected chi connectivity index (χ3v) is 3.02. The van der Waals surface area contributed by atoms with Gasteiger partial charge in [-0.15, -0.1) is 0 Å². The summed E-state index contributed by atoms with van der Waals surface area (Å²) in [6.07, 6.45) is 3.91. The van der Waals surface area contributed by atoms with Crippen LogP contribution in [0.3, 0.4) is 0 Å². The summed E-state index contributed by atoms with van der Waals surface area (Å²) < 4.78 is 4.96. The molecule has 0 bridgehead atoms. The van der Waals surface area contributed by atoms with Crippen molar-refractivity contribution < 1.29 is 9.53 Å². The van der Waals surface area contributed by atoms with Crippen LogP contribution >= 0.6 is 0 Å². The number of nitrogens with one attached hydrogen (secondary N) is 2. The molecule has 0 atom stereocenters. The molecule has 0 saturated heterocycles. The summed E-state index contributed by atoms with van der Waals surface area (Å²) in [7, 11) is 1.67. The maximum atomic E-state index is 12.0. The van der Waals surface area contributed by atoms with E-state index in [0.29, 0.717) is 24.7 Å². The van der Waals surface area contributed by atoms with E-state index in [1.165, 1.54) is 12.4 Å². The van der Waals surface area contributed by atoms with Crippen LogP contribution in [-0.2, 0) is 11.3 Å². The van der Waals surface area contributed by atoms with Gasteiger partial charge < -0.3 is 15.4 Å². The lowest BCUT2D eigenvalue weighted by molar-refractivity contribution is 0.0950. The summed E-state index contributed by atoms with van der Waals surface area (Å²) in [4.78, 5) is 20.3. The molecule has 1 amide bonds. The highest BCUT2D eigenvalue weighted by Gasteiger charge is 2.06. The second-order valence-corrected chi connectivity index (χ2v) is 4.74. The molecule has 6 heteroatoms. The first-order chi connectivity index (χ1) is 10.8. The lowest BCUT2D eigenvalue weighted by Crippen LogP contribution is -2.23. The highest BCUT2D eigenvalue weighted by Crippen LogP contribution is 2.02. The van der Waals surface area contributed by atoms with Crippen LogP contribution in [0.1, 0.15) is 22.3 Å². The lowest BCUT2D eigenvalue weighted by atomic mass is 10.2. The Balaban J connectivity index is 1.80. The van der Waals surface area contributed by atoms with E-state index in [2.05, 4.69) is 20.6 Å². The maximum Gasteiger partial charge on any atom is 0.254 e. The second kappa shape index (κ2) is 8.74. The van der Waals surface area contributed by atoms with Crippen molar-refractivity contribution in [2.24, 2.45) is 0 Å². The Labute approximate surface area is 129 Å². The van der Waals surface area contributed by atoms with Gasteiger partial charge in [-0.05, 0) is 12.0 Å². The van der Waals surface area contributed by atoms with Crippen LogP contribution in [0.4, 0.5) is 5.95 Å². The molecule has 1 aromatic heterocycles. The van der Waals surface area contributed by atoms with Crippen molar-refractivity contribution in [1.82, 2.24) is 15.3 Å². The SMILES string of the molecule is COCCCNc1ncc(C(=O)NCc2ccccc2)cn1. The average Bonchev–Trinajstić information content (AvgIpc) is 2.58. The van der Waals surface area contributed by atoms with E-state index in [0.717, 1.165) is 18.5 Å². The second-order valence-electron chi connectivity index (χ2n) is 4.74. The van der Waals surface area contributed by atoms with Crippen LogP contribution in [0, 0.1) is 0 Å². The van der Waals surface area contributed by atoms with Gasteiger partial charge in [-0.1, -0.05) is 30.3 Å². The average molecular weight is 300 g/mol. The Morgan fingerprint density at radius 1 is 1.18 bits per heavy atom. The molecule has 2 rings (SSSR count). The number of hydrogen-bond donors (Lipinski definition) is 2.